The van der Waals surface area contributed by atoms with Crippen molar-refractivity contribution in [1.82, 2.24) is 0 Å². The molecule has 3 aromatic carbocycles. The van der Waals surface area contributed by atoms with Gasteiger partial charge in [-0.2, -0.15) is 40.5 Å². The van der Waals surface area contributed by atoms with E-state index in [-0.39, 0.29) is 79.9 Å². The Morgan fingerprint density at radius 3 is 1.84 bits per heavy atom. The molecule has 4 aliphatic rings. The van der Waals surface area contributed by atoms with Gasteiger partial charge in [-0.3, -0.25) is 4.79 Å². The van der Waals surface area contributed by atoms with Crippen molar-refractivity contribution in [1.29, 1.82) is 0 Å². The number of allylic oxidation sites excluding steroid dienone is 4. The average Bonchev–Trinajstić information content (AvgIpc) is 3.30. The summed E-state index contributed by atoms with van der Waals surface area (Å²) >= 11 is 12.5. The number of hydrogen-bond donors (Lipinski definition) is 1. The molecule has 0 aliphatic heterocycles. The highest BCUT2D eigenvalue weighted by molar-refractivity contribution is 7.85. The smallest absolute Gasteiger partial charge is 0.171 e. The van der Waals surface area contributed by atoms with E-state index in [1.807, 2.05) is 48.6 Å². The van der Waals surface area contributed by atoms with Crippen LogP contribution < -0.4 is 15.9 Å². The second kappa shape index (κ2) is 18.1. The Hall–Kier alpha value is -1.63. The highest BCUT2D eigenvalue weighted by atomic mass is 35.5. The molecule has 0 heterocycles. The Labute approximate surface area is 338 Å². The molecule has 7 rings (SSSR count). The molecule has 280 valence electrons. The first-order valence-corrected chi connectivity index (χ1v) is 18.6. The van der Waals surface area contributed by atoms with E-state index in [1.165, 1.54) is 22.3 Å². The lowest BCUT2D eigenvalue weighted by atomic mass is 9.51. The number of aliphatic hydroxyl groups is 1. The predicted octanol–water partition coefficient (Wildman–Crippen LogP) is 11.1. The van der Waals surface area contributed by atoms with Gasteiger partial charge in [0, 0.05) is 43.7 Å². The van der Waals surface area contributed by atoms with E-state index < -0.39 is 12.7 Å². The van der Waals surface area contributed by atoms with Crippen LogP contribution in [-0.2, 0) is 9.36 Å². The summed E-state index contributed by atoms with van der Waals surface area (Å²) < 4.78 is 15.2. The molecule has 0 bridgehead atoms. The Balaban J connectivity index is 0.00000217. The van der Waals surface area contributed by atoms with Gasteiger partial charge in [0.25, 0.3) is 0 Å². The molecular weight excluding hydrogens is 751 g/mol. The van der Waals surface area contributed by atoms with Crippen LogP contribution in [0, 0.1) is 17.3 Å². The zero-order valence-corrected chi connectivity index (χ0v) is 32.6. The monoisotopic (exact) mass is 806 g/mol. The molecule has 9 heteroatoms. The first-order chi connectivity index (χ1) is 21.6. The highest BCUT2D eigenvalue weighted by Gasteiger charge is 2.62. The van der Waals surface area contributed by atoms with E-state index >= 15 is 4.57 Å². The second-order valence-corrected chi connectivity index (χ2v) is 17.4. The van der Waals surface area contributed by atoms with Gasteiger partial charge in [-0.1, -0.05) is 88.3 Å². The third kappa shape index (κ3) is 7.95. The molecule has 2 fully saturated rings. The molecule has 0 saturated heterocycles. The normalized spacial score (nSPS) is 26.0. The molecular formula is C42H57Cl2O3PS3. The van der Waals surface area contributed by atoms with Gasteiger partial charge in [0.15, 0.2) is 12.9 Å². The topological polar surface area (TPSA) is 54.4 Å². The van der Waals surface area contributed by atoms with Crippen LogP contribution in [0.5, 0.6) is 0 Å². The molecule has 3 aromatic rings. The van der Waals surface area contributed by atoms with E-state index in [2.05, 4.69) is 25.6 Å². The fourth-order valence-electron chi connectivity index (χ4n) is 9.29. The first kappa shape index (κ1) is 47.4. The third-order valence-electron chi connectivity index (χ3n) is 11.6. The molecule has 1 N–H and O–H groups in total. The van der Waals surface area contributed by atoms with Crippen LogP contribution in [0.4, 0.5) is 0 Å². The standard InChI is InChI=1S/C39H39Cl2O3P.3CH4.3H2S/c1-3-21-39(43)22-20-36-34-18-6-26-23-29(42)11-19-33(26)37(34)35(24-38(36,39)2)25-4-12-30(13-5-25)45(44,31-14-7-27(40)8-15-31)32-16-9-28(41)10-17-32;;;;;;/h3-5,7-10,12-17,23,34-36,43H,1,6,11,18-22,24H2,2H3;3*1H4;3*1H2/t34-,35+,36-,38-,39-;;;;;;/m0....../s1. The minimum absolute atomic E-state index is 0. The Morgan fingerprint density at radius 1 is 0.824 bits per heavy atom. The summed E-state index contributed by atoms with van der Waals surface area (Å²) in [6, 6.07) is 22.9. The number of fused-ring (bicyclic) bond motifs is 4. The van der Waals surface area contributed by atoms with Crippen molar-refractivity contribution in [3.8, 4) is 0 Å². The fourth-order valence-corrected chi connectivity index (χ4v) is 12.1. The minimum Gasteiger partial charge on any atom is -0.389 e. The van der Waals surface area contributed by atoms with Crippen molar-refractivity contribution in [3.63, 3.8) is 0 Å². The number of ketones is 1. The van der Waals surface area contributed by atoms with Gasteiger partial charge in [-0.15, -0.1) is 6.58 Å². The number of hydrogen-bond acceptors (Lipinski definition) is 3. The van der Waals surface area contributed by atoms with Crippen molar-refractivity contribution in [2.45, 2.75) is 92.1 Å². The molecule has 0 spiro atoms. The molecule has 4 aliphatic carbocycles. The first-order valence-electron chi connectivity index (χ1n) is 16.1. The van der Waals surface area contributed by atoms with Crippen molar-refractivity contribution in [2.75, 3.05) is 0 Å². The summed E-state index contributed by atoms with van der Waals surface area (Å²) in [6.45, 7) is 6.31. The van der Waals surface area contributed by atoms with Gasteiger partial charge in [-0.05, 0) is 128 Å². The average molecular weight is 808 g/mol. The largest absolute Gasteiger partial charge is 0.389 e. The SMILES string of the molecule is C.C.C.C=CC[C@]1(O)CC[C@H]2[C@@H]3CCC4=CC(=O)CCC4=C3[C@@H](c3ccc(P(=O)(c4ccc(Cl)cc4)c4ccc(Cl)cc4)cc3)C[C@@]21C.S.S.S. The Kier molecular flexibility index (Phi) is 16.8. The summed E-state index contributed by atoms with van der Waals surface area (Å²) in [5.41, 5.74) is 4.22. The van der Waals surface area contributed by atoms with Crippen LogP contribution in [0.3, 0.4) is 0 Å². The number of rotatable bonds is 6. The van der Waals surface area contributed by atoms with Gasteiger partial charge in [0.1, 0.15) is 0 Å². The van der Waals surface area contributed by atoms with E-state index in [0.29, 0.717) is 34.7 Å². The number of halogens is 2. The zero-order valence-electron chi connectivity index (χ0n) is 27.1. The maximum absolute atomic E-state index is 15.2. The third-order valence-corrected chi connectivity index (χ3v) is 15.2. The fraction of sp³-hybridized carbons (Fsp3) is 0.405. The van der Waals surface area contributed by atoms with E-state index in [4.69, 9.17) is 23.2 Å². The van der Waals surface area contributed by atoms with E-state index in [0.717, 1.165) is 54.4 Å². The molecule has 51 heavy (non-hydrogen) atoms. The van der Waals surface area contributed by atoms with Gasteiger partial charge in [0.2, 0.25) is 0 Å². The highest BCUT2D eigenvalue weighted by Crippen LogP contribution is 2.67. The van der Waals surface area contributed by atoms with Crippen molar-refractivity contribution in [2.24, 2.45) is 17.3 Å². The molecule has 0 amide bonds. The van der Waals surface area contributed by atoms with Crippen LogP contribution in [0.2, 0.25) is 10.0 Å². The summed E-state index contributed by atoms with van der Waals surface area (Å²) in [6.07, 6.45) is 10.3. The molecule has 2 saturated carbocycles. The quantitative estimate of drug-likeness (QED) is 0.199. The summed E-state index contributed by atoms with van der Waals surface area (Å²) in [5.74, 6) is 1.12. The molecule has 3 nitrogen and oxygen atoms in total. The van der Waals surface area contributed by atoms with Crippen LogP contribution >= 0.6 is 70.8 Å². The maximum Gasteiger partial charge on any atom is 0.171 e. The van der Waals surface area contributed by atoms with E-state index in [1.54, 1.807) is 24.3 Å². The van der Waals surface area contributed by atoms with Crippen LogP contribution in [0.25, 0.3) is 0 Å². The molecule has 0 unspecified atom stereocenters. The van der Waals surface area contributed by atoms with Crippen LogP contribution in [0.15, 0.2) is 108 Å². The van der Waals surface area contributed by atoms with Crippen LogP contribution in [0.1, 0.15) is 92.1 Å². The Morgan fingerprint density at radius 2 is 1.33 bits per heavy atom. The van der Waals surface area contributed by atoms with Gasteiger partial charge < -0.3 is 9.67 Å². The van der Waals surface area contributed by atoms with Gasteiger partial charge >= 0.3 is 0 Å². The van der Waals surface area contributed by atoms with Crippen molar-refractivity contribution >= 4 is 92.5 Å². The Bertz CT molecular complexity index is 1740. The second-order valence-electron chi connectivity index (χ2n) is 13.7. The summed E-state index contributed by atoms with van der Waals surface area (Å²) in [7, 11) is -3.22. The van der Waals surface area contributed by atoms with Crippen LogP contribution in [-0.4, -0.2) is 16.5 Å². The summed E-state index contributed by atoms with van der Waals surface area (Å²) in [4.78, 5) is 12.4. The maximum atomic E-state index is 15.2. The molecule has 5 atom stereocenters. The zero-order chi connectivity index (χ0) is 31.6. The van der Waals surface area contributed by atoms with Gasteiger partial charge in [0.05, 0.1) is 5.60 Å². The van der Waals surface area contributed by atoms with Crippen molar-refractivity contribution in [3.05, 3.63) is 124 Å². The molecule has 0 aromatic heterocycles. The number of benzene rings is 3. The summed E-state index contributed by atoms with van der Waals surface area (Å²) in [5, 5.41) is 15.5. The lowest BCUT2D eigenvalue weighted by Gasteiger charge is -2.55. The minimum atomic E-state index is -3.22. The molecule has 0 radical (unpaired) electrons. The number of carbonyl (C=O) groups is 1. The van der Waals surface area contributed by atoms with Crippen molar-refractivity contribution < 1.29 is 14.5 Å². The lowest BCUT2D eigenvalue weighted by Crippen LogP contribution is -2.51. The predicted molar refractivity (Wildman–Crippen MR) is 237 cm³/mol. The van der Waals surface area contributed by atoms with E-state index in [9.17, 15) is 9.90 Å². The lowest BCUT2D eigenvalue weighted by molar-refractivity contribution is -0.114. The number of carbonyl (C=O) groups excluding carboxylic acids is 1. The van der Waals surface area contributed by atoms with Gasteiger partial charge in [-0.25, -0.2) is 0 Å².